The molecule has 0 bridgehead atoms. The average Bonchev–Trinajstić information content (AvgIpc) is 2.66. The van der Waals surface area contributed by atoms with Crippen molar-refractivity contribution in [3.05, 3.63) is 71.3 Å². The van der Waals surface area contributed by atoms with Crippen LogP contribution in [0.5, 0.6) is 0 Å². The van der Waals surface area contributed by atoms with Crippen LogP contribution in [0.25, 0.3) is 0 Å². The molecule has 7 heteroatoms. The number of benzene rings is 2. The van der Waals surface area contributed by atoms with Crippen molar-refractivity contribution in [2.75, 3.05) is 12.8 Å². The van der Waals surface area contributed by atoms with Gasteiger partial charge in [0, 0.05) is 17.5 Å². The molecule has 0 amide bonds. The maximum Gasteiger partial charge on any atom is 0.308 e. The minimum absolute atomic E-state index is 0.000827. The molecule has 0 unspecified atom stereocenters. The van der Waals surface area contributed by atoms with Gasteiger partial charge in [-0.25, -0.2) is 8.42 Å². The monoisotopic (exact) mass is 419 g/mol. The smallest absolute Gasteiger partial charge is 0.308 e. The van der Waals surface area contributed by atoms with Gasteiger partial charge in [0.1, 0.15) is 0 Å². The van der Waals surface area contributed by atoms with Crippen molar-refractivity contribution < 1.29 is 18.3 Å². The largest absolute Gasteiger partial charge is 0.481 e. The molecule has 0 radical (unpaired) electrons. The zero-order valence-electron chi connectivity index (χ0n) is 16.0. The minimum Gasteiger partial charge on any atom is -0.481 e. The maximum atomic E-state index is 12.4. The van der Waals surface area contributed by atoms with E-state index in [1.165, 1.54) is 4.31 Å². The van der Waals surface area contributed by atoms with E-state index < -0.39 is 21.9 Å². The lowest BCUT2D eigenvalue weighted by molar-refractivity contribution is -0.143. The summed E-state index contributed by atoms with van der Waals surface area (Å²) in [6.45, 7) is 1.98. The van der Waals surface area contributed by atoms with Crippen molar-refractivity contribution in [3.63, 3.8) is 0 Å². The first-order chi connectivity index (χ1) is 13.3. The molecule has 1 aliphatic rings. The fourth-order valence-electron chi connectivity index (χ4n) is 3.60. The van der Waals surface area contributed by atoms with Crippen molar-refractivity contribution in [1.82, 2.24) is 4.31 Å². The van der Waals surface area contributed by atoms with E-state index in [0.29, 0.717) is 12.2 Å². The molecule has 1 saturated heterocycles. The first kappa shape index (κ1) is 20.9. The molecule has 0 aromatic heterocycles. The predicted octanol–water partition coefficient (Wildman–Crippen LogP) is 3.70. The predicted molar refractivity (Wildman–Crippen MR) is 113 cm³/mol. The summed E-state index contributed by atoms with van der Waals surface area (Å²) in [5.74, 6) is -0.971. The van der Waals surface area contributed by atoms with Crippen LogP contribution in [0.3, 0.4) is 0 Å². The van der Waals surface area contributed by atoms with Gasteiger partial charge in [-0.1, -0.05) is 60.2 Å². The molecule has 1 aliphatic heterocycles. The van der Waals surface area contributed by atoms with Crippen LogP contribution in [-0.2, 0) is 20.6 Å². The molecule has 0 aliphatic carbocycles. The summed E-state index contributed by atoms with van der Waals surface area (Å²) >= 11 is 1.60. The van der Waals surface area contributed by atoms with Crippen molar-refractivity contribution in [2.45, 2.75) is 30.4 Å². The zero-order valence-corrected chi connectivity index (χ0v) is 17.6. The van der Waals surface area contributed by atoms with E-state index in [2.05, 4.69) is 0 Å². The number of aliphatic carboxylic acids is 1. The number of hydrogen-bond donors (Lipinski definition) is 1. The van der Waals surface area contributed by atoms with Crippen molar-refractivity contribution in [2.24, 2.45) is 5.92 Å². The molecular formula is C21H25NO4S2. The Labute approximate surface area is 170 Å². The van der Waals surface area contributed by atoms with Gasteiger partial charge in [0.25, 0.3) is 0 Å². The molecule has 1 N–H and O–H groups in total. The Bertz CT molecular complexity index is 913. The van der Waals surface area contributed by atoms with E-state index >= 15 is 0 Å². The van der Waals surface area contributed by atoms with Crippen molar-refractivity contribution in [3.8, 4) is 0 Å². The Morgan fingerprint density at radius 3 is 2.36 bits per heavy atom. The van der Waals surface area contributed by atoms with Gasteiger partial charge >= 0.3 is 5.97 Å². The molecule has 28 heavy (non-hydrogen) atoms. The standard InChI is InChI=1S/C21H25NO4S2/c1-15-8-10-17(11-9-15)19-12-20(27-14-16-6-4-3-5-7-16)18(21(23)24)13-22(19)28(2,25)26/h3-11,18-20H,12-14H2,1-2H3,(H,23,24)/t18-,19+,20-/m1/s1. The molecule has 2 aromatic carbocycles. The number of sulfonamides is 1. The summed E-state index contributed by atoms with van der Waals surface area (Å²) in [6, 6.07) is 17.4. The van der Waals surface area contributed by atoms with Gasteiger partial charge in [-0.05, 0) is 24.5 Å². The van der Waals surface area contributed by atoms with Gasteiger partial charge in [0.05, 0.1) is 18.2 Å². The number of hydrogen-bond acceptors (Lipinski definition) is 4. The fourth-order valence-corrected chi connectivity index (χ4v) is 6.05. The van der Waals surface area contributed by atoms with Gasteiger partial charge in [-0.3, -0.25) is 4.79 Å². The number of piperidine rings is 1. The lowest BCUT2D eigenvalue weighted by atomic mass is 9.90. The van der Waals surface area contributed by atoms with Crippen molar-refractivity contribution in [1.29, 1.82) is 0 Å². The van der Waals surface area contributed by atoms with E-state index in [-0.39, 0.29) is 17.8 Å². The molecule has 3 atom stereocenters. The summed E-state index contributed by atoms with van der Waals surface area (Å²) in [5, 5.41) is 9.58. The zero-order chi connectivity index (χ0) is 20.3. The van der Waals surface area contributed by atoms with Gasteiger partial charge in [0.15, 0.2) is 0 Å². The van der Waals surface area contributed by atoms with Gasteiger partial charge < -0.3 is 5.11 Å². The molecule has 0 spiro atoms. The average molecular weight is 420 g/mol. The second-order valence-electron chi connectivity index (χ2n) is 7.27. The lowest BCUT2D eigenvalue weighted by Gasteiger charge is -2.41. The summed E-state index contributed by atoms with van der Waals surface area (Å²) < 4.78 is 26.2. The lowest BCUT2D eigenvalue weighted by Crippen LogP contribution is -2.49. The summed E-state index contributed by atoms with van der Waals surface area (Å²) in [7, 11) is -3.53. The quantitative estimate of drug-likeness (QED) is 0.773. The summed E-state index contributed by atoms with van der Waals surface area (Å²) in [4.78, 5) is 11.9. The Morgan fingerprint density at radius 1 is 1.14 bits per heavy atom. The normalized spacial score (nSPS) is 23.4. The van der Waals surface area contributed by atoms with Crippen LogP contribution in [0.2, 0.25) is 0 Å². The highest BCUT2D eigenvalue weighted by Gasteiger charge is 2.43. The summed E-state index contributed by atoms with van der Waals surface area (Å²) in [5.41, 5.74) is 3.14. The first-order valence-corrected chi connectivity index (χ1v) is 12.1. The van der Waals surface area contributed by atoms with Crippen LogP contribution in [0.4, 0.5) is 0 Å². The number of carbonyl (C=O) groups is 1. The van der Waals surface area contributed by atoms with Crippen LogP contribution in [0.1, 0.15) is 29.2 Å². The SMILES string of the molecule is Cc1ccc([C@@H]2C[C@@H](SCc3ccccc3)[C@H](C(=O)O)CN2S(C)(=O)=O)cc1. The fraction of sp³-hybridized carbons (Fsp3) is 0.381. The van der Waals surface area contributed by atoms with Crippen LogP contribution >= 0.6 is 11.8 Å². The van der Waals surface area contributed by atoms with Gasteiger partial charge in [-0.15, -0.1) is 0 Å². The number of carboxylic acids is 1. The molecule has 5 nitrogen and oxygen atoms in total. The molecule has 3 rings (SSSR count). The van der Waals surface area contributed by atoms with Crippen LogP contribution < -0.4 is 0 Å². The van der Waals surface area contributed by atoms with Gasteiger partial charge in [0.2, 0.25) is 10.0 Å². The molecule has 2 aromatic rings. The highest BCUT2D eigenvalue weighted by molar-refractivity contribution is 7.99. The third kappa shape index (κ3) is 4.96. The third-order valence-electron chi connectivity index (χ3n) is 5.14. The minimum atomic E-state index is -3.53. The number of rotatable bonds is 6. The number of nitrogens with zero attached hydrogens (tertiary/aromatic N) is 1. The maximum absolute atomic E-state index is 12.4. The Hall–Kier alpha value is -1.83. The van der Waals surface area contributed by atoms with Gasteiger partial charge in [-0.2, -0.15) is 16.1 Å². The van der Waals surface area contributed by atoms with Crippen molar-refractivity contribution >= 4 is 27.8 Å². The molecule has 0 saturated carbocycles. The van der Waals surface area contributed by atoms with E-state index in [1.54, 1.807) is 11.8 Å². The molecule has 1 fully saturated rings. The second kappa shape index (κ2) is 8.68. The molecule has 1 heterocycles. The van der Waals surface area contributed by atoms with E-state index in [1.807, 2.05) is 61.5 Å². The Morgan fingerprint density at radius 2 is 1.79 bits per heavy atom. The topological polar surface area (TPSA) is 74.7 Å². The van der Waals surface area contributed by atoms with E-state index in [0.717, 1.165) is 22.9 Å². The third-order valence-corrected chi connectivity index (χ3v) is 7.85. The summed E-state index contributed by atoms with van der Waals surface area (Å²) in [6.07, 6.45) is 1.63. The number of carboxylic acid groups (broad SMARTS) is 1. The molecular weight excluding hydrogens is 394 g/mol. The Kier molecular flexibility index (Phi) is 6.47. The van der Waals surface area contributed by atoms with E-state index in [4.69, 9.17) is 0 Å². The number of aryl methyl sites for hydroxylation is 1. The highest BCUT2D eigenvalue weighted by atomic mass is 32.2. The second-order valence-corrected chi connectivity index (χ2v) is 10.4. The van der Waals surface area contributed by atoms with Crippen LogP contribution in [-0.4, -0.2) is 41.8 Å². The van der Waals surface area contributed by atoms with E-state index in [9.17, 15) is 18.3 Å². The number of thioether (sulfide) groups is 1. The molecule has 150 valence electrons. The first-order valence-electron chi connectivity index (χ1n) is 9.17. The Balaban J connectivity index is 1.88. The van der Waals surface area contributed by atoms with Crippen LogP contribution in [0, 0.1) is 12.8 Å². The highest BCUT2D eigenvalue weighted by Crippen LogP contribution is 2.41. The van der Waals surface area contributed by atoms with Crippen LogP contribution in [0.15, 0.2) is 54.6 Å².